The normalized spacial score (nSPS) is 34.6. The van der Waals surface area contributed by atoms with Crippen LogP contribution in [-0.2, 0) is 0 Å². The van der Waals surface area contributed by atoms with Crippen LogP contribution >= 0.6 is 0 Å². The number of allylic oxidation sites excluding steroid dienone is 5. The molecule has 10 unspecified atom stereocenters. The van der Waals surface area contributed by atoms with Gasteiger partial charge in [0, 0.05) is 63.7 Å². The Kier molecular flexibility index (Phi) is 6.35. The van der Waals surface area contributed by atoms with Gasteiger partial charge in [0.2, 0.25) is 0 Å². The van der Waals surface area contributed by atoms with Crippen LogP contribution < -0.4 is 16.0 Å². The molecule has 64 heavy (non-hydrogen) atoms. The molecule has 4 aliphatic heterocycles. The fourth-order valence-electron chi connectivity index (χ4n) is 16.7. The van der Waals surface area contributed by atoms with Crippen molar-refractivity contribution in [3.05, 3.63) is 221 Å². The molecule has 16 aliphatic rings. The molecule has 0 amide bonds. The quantitative estimate of drug-likeness (QED) is 0.161. The van der Waals surface area contributed by atoms with Gasteiger partial charge >= 0.3 is 0 Å². The Balaban J connectivity index is 0.970. The van der Waals surface area contributed by atoms with E-state index in [2.05, 4.69) is 132 Å². The summed E-state index contributed by atoms with van der Waals surface area (Å²) in [6, 6.07) is 37.7. The number of aliphatic imine (C=N–C) groups is 2. The molecular weight excluding hydrogens is 777 g/mol. The Bertz CT molecular complexity index is 3450. The average molecular weight is 825 g/mol. The standard InChI is InChI=1S/C60H48N4/c1-2-10-30-29(9-1)37-17-18-38(30)54-46-26-48-56-40-21-22-42(34-14-6-5-13-33(34)40)58(56)50(63-48)28-52-60-44-24-23-43(35-15-7-8-16-36(35)44)59(60)51(64-52)27-49-57-41-20-19-39(31-11-3-4-12-32(31)41)55(57)47(62-49)25-45(61-46)53(37)54/h1-16,25-28,37-45,53,61,64H,17-24H2/b47-25-,48-26?,51-27-,52-28-. The van der Waals surface area contributed by atoms with E-state index in [1.54, 1.807) is 16.7 Å². The van der Waals surface area contributed by atoms with Crippen molar-refractivity contribution in [1.29, 1.82) is 0 Å². The fraction of sp³-hybridized carbons (Fsp3) is 0.300. The number of benzene rings is 4. The number of rotatable bonds is 0. The van der Waals surface area contributed by atoms with E-state index in [0.29, 0.717) is 53.3 Å². The van der Waals surface area contributed by atoms with Gasteiger partial charge in [-0.15, -0.1) is 0 Å². The van der Waals surface area contributed by atoms with E-state index in [0.717, 1.165) is 0 Å². The van der Waals surface area contributed by atoms with Gasteiger partial charge < -0.3 is 10.3 Å². The summed E-state index contributed by atoms with van der Waals surface area (Å²) in [6.45, 7) is 0. The number of aromatic nitrogens is 1. The summed E-state index contributed by atoms with van der Waals surface area (Å²) < 4.78 is 0. The van der Waals surface area contributed by atoms with Crippen molar-refractivity contribution in [1.82, 2.24) is 10.3 Å². The molecule has 21 rings (SSSR count). The topological polar surface area (TPSA) is 52.5 Å². The van der Waals surface area contributed by atoms with Crippen molar-refractivity contribution in [3.63, 3.8) is 0 Å². The molecule has 0 radical (unpaired) electrons. The van der Waals surface area contributed by atoms with Crippen LogP contribution in [0.5, 0.6) is 0 Å². The largest absolute Gasteiger partial charge is 0.378 e. The smallest absolute Gasteiger partial charge is 0.0699 e. The molecule has 5 heterocycles. The minimum Gasteiger partial charge on any atom is -0.378 e. The third-order valence-corrected chi connectivity index (χ3v) is 18.8. The molecule has 5 aromatic rings. The van der Waals surface area contributed by atoms with Gasteiger partial charge in [0.15, 0.2) is 0 Å². The summed E-state index contributed by atoms with van der Waals surface area (Å²) in [7, 11) is 0. The van der Waals surface area contributed by atoms with Crippen molar-refractivity contribution < 1.29 is 0 Å². The number of H-pyrrole nitrogens is 1. The predicted molar refractivity (Wildman–Crippen MR) is 254 cm³/mol. The number of nitrogens with one attached hydrogen (secondary N) is 2. The van der Waals surface area contributed by atoms with Crippen molar-refractivity contribution in [2.45, 2.75) is 105 Å². The second-order valence-corrected chi connectivity index (χ2v) is 21.2. The molecule has 0 saturated heterocycles. The van der Waals surface area contributed by atoms with Crippen molar-refractivity contribution in [3.8, 4) is 0 Å². The van der Waals surface area contributed by atoms with Gasteiger partial charge in [-0.1, -0.05) is 97.1 Å². The summed E-state index contributed by atoms with van der Waals surface area (Å²) in [5, 5.41) is 6.86. The van der Waals surface area contributed by atoms with E-state index in [9.17, 15) is 0 Å². The Labute approximate surface area is 373 Å². The SMILES string of the molecule is C1=C2N=C(/C=c3\[nH]/c(c4c3C3CCC4c4ccccc43)=C\C3=NC(=C\C4NC1=C1C5CCC(c6ccccc65)C14)/C1=C3C3CCC1c1ccccc13)C1=C2C2CCC1c1ccccc12. The molecule has 10 atom stereocenters. The first-order valence-corrected chi connectivity index (χ1v) is 24.6. The summed E-state index contributed by atoms with van der Waals surface area (Å²) in [4.78, 5) is 16.0. The van der Waals surface area contributed by atoms with Crippen LogP contribution in [0.15, 0.2) is 164 Å². The van der Waals surface area contributed by atoms with Gasteiger partial charge in [-0.3, -0.25) is 0 Å². The number of nitrogens with zero attached hydrogens (tertiary/aromatic N) is 2. The molecule has 1 saturated carbocycles. The lowest BCUT2D eigenvalue weighted by Crippen LogP contribution is -2.38. The number of aromatic amines is 1. The lowest BCUT2D eigenvalue weighted by atomic mass is 9.58. The number of fused-ring (bicyclic) bond motifs is 10. The molecule has 308 valence electrons. The van der Waals surface area contributed by atoms with Crippen LogP contribution in [0.3, 0.4) is 0 Å². The van der Waals surface area contributed by atoms with Gasteiger partial charge in [0.1, 0.15) is 0 Å². The highest BCUT2D eigenvalue weighted by Crippen LogP contribution is 2.63. The molecule has 4 heteroatoms. The van der Waals surface area contributed by atoms with Gasteiger partial charge in [0.05, 0.1) is 28.9 Å². The molecular formula is C60H48N4. The van der Waals surface area contributed by atoms with E-state index in [1.807, 2.05) is 0 Å². The highest BCUT2D eigenvalue weighted by atomic mass is 15.0. The lowest BCUT2D eigenvalue weighted by Gasteiger charge is -2.45. The zero-order valence-electron chi connectivity index (χ0n) is 35.9. The minimum atomic E-state index is 0.156. The fourth-order valence-corrected chi connectivity index (χ4v) is 16.7. The Hall–Kier alpha value is -6.26. The highest BCUT2D eigenvalue weighted by molar-refractivity contribution is 6.26. The Morgan fingerprint density at radius 2 is 0.828 bits per heavy atom. The Morgan fingerprint density at radius 3 is 1.38 bits per heavy atom. The maximum absolute atomic E-state index is 5.90. The highest BCUT2D eigenvalue weighted by Gasteiger charge is 2.52. The third kappa shape index (κ3) is 4.10. The minimum absolute atomic E-state index is 0.156. The van der Waals surface area contributed by atoms with Gasteiger partial charge in [-0.25, -0.2) is 9.98 Å². The molecule has 16 bridgehead atoms. The van der Waals surface area contributed by atoms with Crippen molar-refractivity contribution in [2.75, 3.05) is 0 Å². The van der Waals surface area contributed by atoms with Crippen LogP contribution in [0, 0.1) is 5.92 Å². The third-order valence-electron chi connectivity index (χ3n) is 18.8. The molecule has 4 aromatic carbocycles. The second kappa shape index (κ2) is 11.9. The summed E-state index contributed by atoms with van der Waals surface area (Å²) in [5.74, 6) is 3.54. The lowest BCUT2D eigenvalue weighted by molar-refractivity contribution is 0.320. The van der Waals surface area contributed by atoms with Crippen molar-refractivity contribution >= 4 is 23.6 Å². The number of hydrogen-bond donors (Lipinski definition) is 2. The maximum Gasteiger partial charge on any atom is 0.0699 e. The maximum atomic E-state index is 5.90. The molecule has 4 nitrogen and oxygen atoms in total. The first kappa shape index (κ1) is 34.2. The van der Waals surface area contributed by atoms with Gasteiger partial charge in [-0.05, 0) is 165 Å². The molecule has 1 fully saturated rings. The average Bonchev–Trinajstić information content (AvgIpc) is 4.13. The zero-order valence-corrected chi connectivity index (χ0v) is 35.9. The van der Waals surface area contributed by atoms with Gasteiger partial charge in [-0.2, -0.15) is 0 Å². The van der Waals surface area contributed by atoms with E-state index in [1.165, 1.54) is 157 Å². The van der Waals surface area contributed by atoms with Crippen LogP contribution in [-0.4, -0.2) is 22.4 Å². The van der Waals surface area contributed by atoms with Crippen LogP contribution in [0.25, 0.3) is 12.2 Å². The summed E-state index contributed by atoms with van der Waals surface area (Å²) >= 11 is 0. The molecule has 1 aromatic heterocycles. The van der Waals surface area contributed by atoms with E-state index >= 15 is 0 Å². The van der Waals surface area contributed by atoms with E-state index < -0.39 is 0 Å². The van der Waals surface area contributed by atoms with Crippen LogP contribution in [0.1, 0.15) is 154 Å². The molecule has 0 spiro atoms. The summed E-state index contributed by atoms with van der Waals surface area (Å²) in [6.07, 6.45) is 19.8. The summed E-state index contributed by atoms with van der Waals surface area (Å²) in [5.41, 5.74) is 29.1. The van der Waals surface area contributed by atoms with Crippen molar-refractivity contribution in [2.24, 2.45) is 15.9 Å². The predicted octanol–water partition coefficient (Wildman–Crippen LogP) is 11.1. The van der Waals surface area contributed by atoms with E-state index in [4.69, 9.17) is 9.98 Å². The zero-order chi connectivity index (χ0) is 41.1. The second-order valence-electron chi connectivity index (χ2n) is 21.2. The van der Waals surface area contributed by atoms with Gasteiger partial charge in [0.25, 0.3) is 0 Å². The monoisotopic (exact) mass is 824 g/mol. The molecule has 2 N–H and O–H groups in total. The van der Waals surface area contributed by atoms with Crippen LogP contribution in [0.4, 0.5) is 0 Å². The van der Waals surface area contributed by atoms with E-state index in [-0.39, 0.29) is 6.04 Å². The number of hydrogen-bond acceptors (Lipinski definition) is 3. The first-order chi connectivity index (χ1) is 31.7. The Morgan fingerprint density at radius 1 is 0.406 bits per heavy atom. The van der Waals surface area contributed by atoms with Crippen LogP contribution in [0.2, 0.25) is 0 Å². The molecule has 12 aliphatic carbocycles. The first-order valence-electron chi connectivity index (χ1n) is 24.6.